The normalized spacial score (nSPS) is 14.2. The Balaban J connectivity index is 0.00000256. The van der Waals surface area contributed by atoms with Crippen LogP contribution in [0.25, 0.3) is 0 Å². The third-order valence-electron chi connectivity index (χ3n) is 2.11. The van der Waals surface area contributed by atoms with E-state index in [9.17, 15) is 18.1 Å². The van der Waals surface area contributed by atoms with Gasteiger partial charge in [-0.25, -0.2) is 8.42 Å². The summed E-state index contributed by atoms with van der Waals surface area (Å²) < 4.78 is 33.7. The zero-order valence-electron chi connectivity index (χ0n) is 10.6. The minimum absolute atomic E-state index is 0. The second-order valence-electron chi connectivity index (χ2n) is 4.70. The van der Waals surface area contributed by atoms with Gasteiger partial charge in [0.05, 0.1) is 5.69 Å². The van der Waals surface area contributed by atoms with Crippen molar-refractivity contribution in [3.05, 3.63) is 17.5 Å². The standard InChI is InChI=1S/C9H16N2O4S.Na/c1-9(2,3)7-6(5-11(4)10-7)8(12)16(13,14)15;/h5,8,12H,1-4H3,(H,13,14,15);/q;+1/p-1. The molecule has 0 amide bonds. The largest absolute Gasteiger partial charge is 1.00 e. The van der Waals surface area contributed by atoms with Crippen LogP contribution in [-0.4, -0.2) is 27.9 Å². The Bertz CT molecular complexity index is 490. The maximum Gasteiger partial charge on any atom is 1.00 e. The van der Waals surface area contributed by atoms with E-state index >= 15 is 0 Å². The molecule has 1 atom stereocenters. The number of nitrogens with zero attached hydrogens (tertiary/aromatic N) is 2. The van der Waals surface area contributed by atoms with Crippen LogP contribution in [0.15, 0.2) is 6.20 Å². The number of hydrogen-bond donors (Lipinski definition) is 1. The maximum atomic E-state index is 10.8. The van der Waals surface area contributed by atoms with E-state index < -0.39 is 21.0 Å². The molecule has 1 rings (SSSR count). The Morgan fingerprint density at radius 1 is 1.47 bits per heavy atom. The van der Waals surface area contributed by atoms with E-state index in [4.69, 9.17) is 0 Å². The van der Waals surface area contributed by atoms with Crippen molar-refractivity contribution in [2.75, 3.05) is 0 Å². The van der Waals surface area contributed by atoms with Crippen LogP contribution in [0.3, 0.4) is 0 Å². The average Bonchev–Trinajstić information content (AvgIpc) is 2.43. The first-order valence-electron chi connectivity index (χ1n) is 4.70. The van der Waals surface area contributed by atoms with Gasteiger partial charge in [0.1, 0.15) is 10.1 Å². The van der Waals surface area contributed by atoms with Crippen molar-refractivity contribution in [2.24, 2.45) is 7.05 Å². The molecule has 1 aromatic rings. The predicted molar refractivity (Wildman–Crippen MR) is 56.6 cm³/mol. The van der Waals surface area contributed by atoms with E-state index in [-0.39, 0.29) is 35.1 Å². The van der Waals surface area contributed by atoms with Crippen LogP contribution in [0.1, 0.15) is 37.5 Å². The first kappa shape index (κ1) is 17.1. The predicted octanol–water partition coefficient (Wildman–Crippen LogP) is -2.74. The Morgan fingerprint density at radius 2 is 1.94 bits per heavy atom. The van der Waals surface area contributed by atoms with E-state index in [1.54, 1.807) is 7.05 Å². The van der Waals surface area contributed by atoms with Crippen molar-refractivity contribution in [3.63, 3.8) is 0 Å². The molecule has 1 aromatic heterocycles. The van der Waals surface area contributed by atoms with Crippen LogP contribution < -0.4 is 29.6 Å². The van der Waals surface area contributed by atoms with Crippen molar-refractivity contribution >= 4 is 10.1 Å². The molecule has 0 bridgehead atoms. The van der Waals surface area contributed by atoms with Crippen LogP contribution in [-0.2, 0) is 22.6 Å². The fourth-order valence-electron chi connectivity index (χ4n) is 1.43. The number of aromatic nitrogens is 2. The van der Waals surface area contributed by atoms with Gasteiger partial charge in [-0.05, 0) is 0 Å². The van der Waals surface area contributed by atoms with Gasteiger partial charge in [0.15, 0.2) is 5.44 Å². The number of aliphatic hydroxyl groups is 1. The molecule has 0 aliphatic heterocycles. The first-order valence-corrected chi connectivity index (χ1v) is 6.17. The number of rotatable bonds is 2. The molecule has 1 N–H and O–H groups in total. The summed E-state index contributed by atoms with van der Waals surface area (Å²) in [6.45, 7) is 5.47. The molecule has 6 nitrogen and oxygen atoms in total. The fourth-order valence-corrected chi connectivity index (χ4v) is 1.91. The Morgan fingerprint density at radius 3 is 2.29 bits per heavy atom. The molecule has 0 saturated carbocycles. The molecule has 1 unspecified atom stereocenters. The van der Waals surface area contributed by atoms with Crippen molar-refractivity contribution in [1.82, 2.24) is 9.78 Å². The van der Waals surface area contributed by atoms with E-state index in [1.807, 2.05) is 20.8 Å². The minimum atomic E-state index is -4.77. The molecule has 0 fully saturated rings. The molecule has 0 radical (unpaired) electrons. The zero-order chi connectivity index (χ0) is 12.7. The molecule has 8 heteroatoms. The number of hydrogen-bond acceptors (Lipinski definition) is 5. The molecule has 0 spiro atoms. The molecular formula is C9H15N2NaO4S. The van der Waals surface area contributed by atoms with E-state index in [2.05, 4.69) is 5.10 Å². The quantitative estimate of drug-likeness (QED) is 0.464. The summed E-state index contributed by atoms with van der Waals surface area (Å²) in [5, 5.41) is 13.5. The summed E-state index contributed by atoms with van der Waals surface area (Å²) in [6.07, 6.45) is 1.35. The van der Waals surface area contributed by atoms with Crippen LogP contribution in [0.4, 0.5) is 0 Å². The summed E-state index contributed by atoms with van der Waals surface area (Å²) in [5.41, 5.74) is -2.05. The molecule has 0 aliphatic carbocycles. The van der Waals surface area contributed by atoms with Gasteiger partial charge in [-0.1, -0.05) is 20.8 Å². The Kier molecular flexibility index (Phi) is 5.40. The molecule has 17 heavy (non-hydrogen) atoms. The first-order chi connectivity index (χ1) is 7.03. The average molecular weight is 270 g/mol. The van der Waals surface area contributed by atoms with E-state index in [0.717, 1.165) is 0 Å². The van der Waals surface area contributed by atoms with Gasteiger partial charge in [-0.2, -0.15) is 5.10 Å². The third-order valence-corrected chi connectivity index (χ3v) is 2.91. The topological polar surface area (TPSA) is 95.2 Å². The van der Waals surface area contributed by atoms with Gasteiger partial charge < -0.3 is 9.66 Å². The van der Waals surface area contributed by atoms with Gasteiger partial charge in [-0.15, -0.1) is 0 Å². The number of aryl methyl sites for hydroxylation is 1. The summed E-state index contributed by atoms with van der Waals surface area (Å²) >= 11 is 0. The Labute approximate surface area is 123 Å². The molecule has 1 heterocycles. The SMILES string of the molecule is Cn1cc(C(O)S(=O)(=O)[O-])c(C(C)(C)C)n1.[Na+]. The van der Waals surface area contributed by atoms with Gasteiger partial charge in [0.2, 0.25) is 0 Å². The Hall–Kier alpha value is 0.0800. The van der Waals surface area contributed by atoms with Crippen molar-refractivity contribution in [2.45, 2.75) is 31.6 Å². The molecule has 0 aliphatic rings. The van der Waals surface area contributed by atoms with Crippen molar-refractivity contribution in [3.8, 4) is 0 Å². The monoisotopic (exact) mass is 270 g/mol. The van der Waals surface area contributed by atoms with Gasteiger partial charge in [0.25, 0.3) is 0 Å². The van der Waals surface area contributed by atoms with Crippen molar-refractivity contribution < 1.29 is 47.6 Å². The summed E-state index contributed by atoms with van der Waals surface area (Å²) in [7, 11) is -3.17. The maximum absolute atomic E-state index is 10.8. The molecule has 92 valence electrons. The van der Waals surface area contributed by atoms with Crippen molar-refractivity contribution in [1.29, 1.82) is 0 Å². The van der Waals surface area contributed by atoms with Gasteiger partial charge in [-0.3, -0.25) is 4.68 Å². The van der Waals surface area contributed by atoms with E-state index in [0.29, 0.717) is 5.69 Å². The minimum Gasteiger partial charge on any atom is -0.746 e. The smallest absolute Gasteiger partial charge is 0.746 e. The van der Waals surface area contributed by atoms with Gasteiger partial charge in [0, 0.05) is 24.2 Å². The van der Waals surface area contributed by atoms with Gasteiger partial charge >= 0.3 is 29.6 Å². The molecular weight excluding hydrogens is 255 g/mol. The summed E-state index contributed by atoms with van der Waals surface area (Å²) in [5.74, 6) is 0. The van der Waals surface area contributed by atoms with E-state index in [1.165, 1.54) is 10.9 Å². The summed E-state index contributed by atoms with van der Waals surface area (Å²) in [6, 6.07) is 0. The van der Waals surface area contributed by atoms with Crippen LogP contribution >= 0.6 is 0 Å². The fraction of sp³-hybridized carbons (Fsp3) is 0.667. The summed E-state index contributed by atoms with van der Waals surface area (Å²) in [4.78, 5) is 0. The second-order valence-corrected chi connectivity index (χ2v) is 6.13. The third kappa shape index (κ3) is 4.04. The second kappa shape index (κ2) is 5.38. The van der Waals surface area contributed by atoms with Crippen LogP contribution in [0.2, 0.25) is 0 Å². The molecule has 0 aromatic carbocycles. The number of aliphatic hydroxyl groups excluding tert-OH is 1. The zero-order valence-corrected chi connectivity index (χ0v) is 13.4. The van der Waals surface area contributed by atoms with Crippen LogP contribution in [0.5, 0.6) is 0 Å². The molecule has 0 saturated heterocycles. The van der Waals surface area contributed by atoms with Crippen LogP contribution in [0, 0.1) is 0 Å².